The first-order valence-electron chi connectivity index (χ1n) is 6.47. The van der Waals surface area contributed by atoms with Crippen molar-refractivity contribution in [1.29, 1.82) is 0 Å². The molecule has 0 unspecified atom stereocenters. The third-order valence-corrected chi connectivity index (χ3v) is 3.55. The van der Waals surface area contributed by atoms with Crippen LogP contribution < -0.4 is 0 Å². The Morgan fingerprint density at radius 1 is 1.20 bits per heavy atom. The average Bonchev–Trinajstić information content (AvgIpc) is 2.43. The second kappa shape index (κ2) is 7.67. The first-order chi connectivity index (χ1) is 9.46. The van der Waals surface area contributed by atoms with E-state index in [4.69, 9.17) is 0 Å². The predicted molar refractivity (Wildman–Crippen MR) is 75.5 cm³/mol. The zero-order valence-electron chi connectivity index (χ0n) is 11.4. The van der Waals surface area contributed by atoms with Crippen LogP contribution in [0.25, 0.3) is 0 Å². The maximum absolute atomic E-state index is 13.2. The highest BCUT2D eigenvalue weighted by Gasteiger charge is 2.24. The largest absolute Gasteiger partial charge is 0.335 e. The van der Waals surface area contributed by atoms with Crippen molar-refractivity contribution < 1.29 is 18.0 Å². The van der Waals surface area contributed by atoms with Crippen LogP contribution in [0.15, 0.2) is 12.1 Å². The van der Waals surface area contributed by atoms with Gasteiger partial charge in [-0.3, -0.25) is 4.79 Å². The molecule has 0 aliphatic rings. The Labute approximate surface area is 125 Å². The van der Waals surface area contributed by atoms with Crippen LogP contribution in [0, 0.1) is 17.5 Å². The van der Waals surface area contributed by atoms with E-state index in [-0.39, 0.29) is 11.6 Å². The normalized spacial score (nSPS) is 10.9. The summed E-state index contributed by atoms with van der Waals surface area (Å²) >= 11 is 3.26. The van der Waals surface area contributed by atoms with Gasteiger partial charge in [0.05, 0.1) is 0 Å². The van der Waals surface area contributed by atoms with Crippen LogP contribution in [0.2, 0.25) is 0 Å². The molecule has 0 spiro atoms. The molecule has 0 bridgehead atoms. The van der Waals surface area contributed by atoms with E-state index >= 15 is 0 Å². The van der Waals surface area contributed by atoms with E-state index in [1.165, 1.54) is 0 Å². The van der Waals surface area contributed by atoms with Gasteiger partial charge in [0.2, 0.25) is 0 Å². The number of alkyl halides is 1. The fourth-order valence-electron chi connectivity index (χ4n) is 2.12. The number of hydrogen-bond donors (Lipinski definition) is 0. The van der Waals surface area contributed by atoms with Crippen molar-refractivity contribution in [2.24, 2.45) is 0 Å². The van der Waals surface area contributed by atoms with Gasteiger partial charge >= 0.3 is 0 Å². The van der Waals surface area contributed by atoms with E-state index in [9.17, 15) is 18.0 Å². The Morgan fingerprint density at radius 2 is 1.70 bits per heavy atom. The third-order valence-electron chi connectivity index (χ3n) is 3.20. The van der Waals surface area contributed by atoms with Gasteiger partial charge in [-0.1, -0.05) is 29.8 Å². The average molecular weight is 352 g/mol. The van der Waals surface area contributed by atoms with Crippen LogP contribution in [-0.2, 0) is 0 Å². The molecule has 0 radical (unpaired) electrons. The van der Waals surface area contributed by atoms with Gasteiger partial charge in [0.15, 0.2) is 17.5 Å². The van der Waals surface area contributed by atoms with Crippen molar-refractivity contribution >= 4 is 21.8 Å². The number of amides is 1. The number of hydrogen-bond acceptors (Lipinski definition) is 1. The topological polar surface area (TPSA) is 20.3 Å². The highest BCUT2D eigenvalue weighted by molar-refractivity contribution is 9.09. The SMILES string of the molecule is CCC(CC)N(CCBr)C(=O)c1cc(F)c(F)c(F)c1. The van der Waals surface area contributed by atoms with Crippen molar-refractivity contribution in [3.05, 3.63) is 35.1 Å². The Hall–Kier alpha value is -1.04. The number of benzene rings is 1. The molecular weight excluding hydrogens is 335 g/mol. The van der Waals surface area contributed by atoms with E-state index in [1.54, 1.807) is 4.90 Å². The summed E-state index contributed by atoms with van der Waals surface area (Å²) in [5.41, 5.74) is -0.172. The lowest BCUT2D eigenvalue weighted by molar-refractivity contribution is 0.0681. The van der Waals surface area contributed by atoms with Gasteiger partial charge in [0.1, 0.15) is 0 Å². The number of nitrogens with zero attached hydrogens (tertiary/aromatic N) is 1. The van der Waals surface area contributed by atoms with Gasteiger partial charge in [-0.25, -0.2) is 13.2 Å². The summed E-state index contributed by atoms with van der Waals surface area (Å²) < 4.78 is 39.4. The summed E-state index contributed by atoms with van der Waals surface area (Å²) in [5, 5.41) is 0.557. The predicted octanol–water partition coefficient (Wildman–Crippen LogP) is 4.13. The quantitative estimate of drug-likeness (QED) is 0.557. The molecule has 0 saturated heterocycles. The molecule has 0 aliphatic heterocycles. The molecule has 0 heterocycles. The molecule has 0 fully saturated rings. The first-order valence-corrected chi connectivity index (χ1v) is 7.59. The summed E-state index contributed by atoms with van der Waals surface area (Å²) in [5.74, 6) is -4.75. The summed E-state index contributed by atoms with van der Waals surface area (Å²) in [6, 6.07) is 1.46. The fraction of sp³-hybridized carbons (Fsp3) is 0.500. The number of carbonyl (C=O) groups is 1. The van der Waals surface area contributed by atoms with Gasteiger partial charge in [-0.15, -0.1) is 0 Å². The zero-order valence-corrected chi connectivity index (χ0v) is 13.0. The third kappa shape index (κ3) is 3.75. The molecule has 0 aliphatic carbocycles. The van der Waals surface area contributed by atoms with Crippen molar-refractivity contribution in [2.45, 2.75) is 32.7 Å². The molecule has 1 aromatic carbocycles. The van der Waals surface area contributed by atoms with Gasteiger partial charge in [-0.05, 0) is 25.0 Å². The lowest BCUT2D eigenvalue weighted by Gasteiger charge is -2.30. The molecule has 1 aromatic rings. The molecule has 0 N–H and O–H groups in total. The number of rotatable bonds is 6. The summed E-state index contributed by atoms with van der Waals surface area (Å²) in [6.07, 6.45) is 1.47. The van der Waals surface area contributed by atoms with Crippen LogP contribution in [0.1, 0.15) is 37.0 Å². The van der Waals surface area contributed by atoms with E-state index in [0.29, 0.717) is 11.9 Å². The van der Waals surface area contributed by atoms with E-state index in [0.717, 1.165) is 25.0 Å². The van der Waals surface area contributed by atoms with Crippen molar-refractivity contribution in [3.63, 3.8) is 0 Å². The lowest BCUT2D eigenvalue weighted by atomic mass is 10.1. The maximum atomic E-state index is 13.2. The molecule has 1 amide bonds. The van der Waals surface area contributed by atoms with Crippen molar-refractivity contribution in [2.75, 3.05) is 11.9 Å². The molecule has 0 aromatic heterocycles. The lowest BCUT2D eigenvalue weighted by Crippen LogP contribution is -2.41. The number of halogens is 4. The van der Waals surface area contributed by atoms with E-state index in [2.05, 4.69) is 15.9 Å². The van der Waals surface area contributed by atoms with Gasteiger partial charge in [0.25, 0.3) is 5.91 Å². The zero-order chi connectivity index (χ0) is 15.3. The van der Waals surface area contributed by atoms with Gasteiger partial charge in [0, 0.05) is 23.5 Å². The van der Waals surface area contributed by atoms with E-state index in [1.807, 2.05) is 13.8 Å². The minimum absolute atomic E-state index is 0.0174. The Kier molecular flexibility index (Phi) is 6.52. The summed E-state index contributed by atoms with van der Waals surface area (Å²) in [6.45, 7) is 4.30. The molecule has 20 heavy (non-hydrogen) atoms. The summed E-state index contributed by atoms with van der Waals surface area (Å²) in [4.78, 5) is 13.9. The van der Waals surface area contributed by atoms with Gasteiger partial charge < -0.3 is 4.90 Å². The molecule has 1 rings (SSSR count). The van der Waals surface area contributed by atoms with Crippen molar-refractivity contribution in [1.82, 2.24) is 4.90 Å². The highest BCUT2D eigenvalue weighted by Crippen LogP contribution is 2.18. The Balaban J connectivity index is 3.12. The second-order valence-corrected chi connectivity index (χ2v) is 5.20. The maximum Gasteiger partial charge on any atom is 0.254 e. The minimum Gasteiger partial charge on any atom is -0.335 e. The smallest absolute Gasteiger partial charge is 0.254 e. The van der Waals surface area contributed by atoms with Crippen LogP contribution in [0.5, 0.6) is 0 Å². The fourth-order valence-corrected chi connectivity index (χ4v) is 2.50. The minimum atomic E-state index is -1.56. The van der Waals surface area contributed by atoms with Crippen LogP contribution in [0.3, 0.4) is 0 Å². The molecule has 0 atom stereocenters. The second-order valence-electron chi connectivity index (χ2n) is 4.41. The summed E-state index contributed by atoms with van der Waals surface area (Å²) in [7, 11) is 0. The van der Waals surface area contributed by atoms with E-state index < -0.39 is 23.4 Å². The highest BCUT2D eigenvalue weighted by atomic mass is 79.9. The molecule has 6 heteroatoms. The number of carbonyl (C=O) groups excluding carboxylic acids is 1. The monoisotopic (exact) mass is 351 g/mol. The Bertz CT molecular complexity index is 454. The Morgan fingerprint density at radius 3 is 2.10 bits per heavy atom. The van der Waals surface area contributed by atoms with Crippen molar-refractivity contribution in [3.8, 4) is 0 Å². The molecule has 112 valence electrons. The van der Waals surface area contributed by atoms with Gasteiger partial charge in [-0.2, -0.15) is 0 Å². The van der Waals surface area contributed by atoms with Crippen LogP contribution in [0.4, 0.5) is 13.2 Å². The molecule has 0 saturated carbocycles. The first kappa shape index (κ1) is 17.0. The standard InChI is InChI=1S/C14H17BrF3NO/c1-3-10(4-2)19(6-5-15)14(20)9-7-11(16)13(18)12(17)8-9/h7-8,10H,3-6H2,1-2H3. The van der Waals surface area contributed by atoms with Crippen LogP contribution in [-0.4, -0.2) is 28.7 Å². The molecule has 2 nitrogen and oxygen atoms in total. The molecular formula is C14H17BrF3NO. The van der Waals surface area contributed by atoms with Crippen LogP contribution >= 0.6 is 15.9 Å².